The van der Waals surface area contributed by atoms with E-state index in [4.69, 9.17) is 9.52 Å². The van der Waals surface area contributed by atoms with E-state index in [9.17, 15) is 17.6 Å². The third-order valence-electron chi connectivity index (χ3n) is 2.46. The van der Waals surface area contributed by atoms with Gasteiger partial charge in [0, 0.05) is 5.56 Å². The van der Waals surface area contributed by atoms with Crippen molar-refractivity contribution in [1.29, 1.82) is 0 Å². The molecular weight excluding hydrogens is 275 g/mol. The van der Waals surface area contributed by atoms with E-state index in [0.29, 0.717) is 0 Å². The molecule has 1 heterocycles. The van der Waals surface area contributed by atoms with Gasteiger partial charge in [0.2, 0.25) is 5.76 Å². The van der Waals surface area contributed by atoms with Crippen molar-refractivity contribution in [2.45, 2.75) is 10.6 Å². The molecular formula is C12H9FO5S. The Labute approximate surface area is 108 Å². The first kappa shape index (κ1) is 13.3. The minimum Gasteiger partial charge on any atom is -0.475 e. The number of halogens is 1. The molecule has 0 amide bonds. The highest BCUT2D eigenvalue weighted by Crippen LogP contribution is 2.20. The van der Waals surface area contributed by atoms with E-state index in [-0.39, 0.29) is 10.5 Å². The molecule has 0 fully saturated rings. The lowest BCUT2D eigenvalue weighted by atomic mass is 10.3. The number of hydrogen-bond acceptors (Lipinski definition) is 4. The molecule has 1 aromatic carbocycles. The van der Waals surface area contributed by atoms with Crippen molar-refractivity contribution in [2.75, 3.05) is 0 Å². The number of rotatable bonds is 4. The van der Waals surface area contributed by atoms with Gasteiger partial charge in [-0.15, -0.1) is 0 Å². The quantitative estimate of drug-likeness (QED) is 0.869. The Kier molecular flexibility index (Phi) is 3.39. The maximum Gasteiger partial charge on any atom is 0.372 e. The molecule has 7 heteroatoms. The summed E-state index contributed by atoms with van der Waals surface area (Å²) < 4.78 is 41.5. The standard InChI is InChI=1S/C12H9FO5S/c13-9-1-3-10(4-2-9)19(16,17)7-8-5-6-18-11(8)12(14)15/h1-6H,7H2,(H,14,15). The third kappa shape index (κ3) is 2.82. The summed E-state index contributed by atoms with van der Waals surface area (Å²) in [5.74, 6) is -2.81. The van der Waals surface area contributed by atoms with E-state index in [1.54, 1.807) is 0 Å². The summed E-state index contributed by atoms with van der Waals surface area (Å²) in [6.45, 7) is 0. The van der Waals surface area contributed by atoms with Crippen molar-refractivity contribution >= 4 is 15.8 Å². The number of carboxylic acids is 1. The average molecular weight is 284 g/mol. The van der Waals surface area contributed by atoms with Crippen LogP contribution in [0.5, 0.6) is 0 Å². The molecule has 0 bridgehead atoms. The second-order valence-corrected chi connectivity index (χ2v) is 5.78. The molecule has 0 aliphatic rings. The number of hydrogen-bond donors (Lipinski definition) is 1. The van der Waals surface area contributed by atoms with E-state index in [1.165, 1.54) is 6.07 Å². The Morgan fingerprint density at radius 1 is 1.21 bits per heavy atom. The van der Waals surface area contributed by atoms with Gasteiger partial charge in [0.1, 0.15) is 5.82 Å². The second-order valence-electron chi connectivity index (χ2n) is 3.79. The van der Waals surface area contributed by atoms with Crippen LogP contribution in [-0.2, 0) is 15.6 Å². The molecule has 0 saturated carbocycles. The molecule has 1 N–H and O–H groups in total. The van der Waals surface area contributed by atoms with Crippen molar-refractivity contribution in [3.05, 3.63) is 53.7 Å². The van der Waals surface area contributed by atoms with Gasteiger partial charge in [-0.3, -0.25) is 0 Å². The Morgan fingerprint density at radius 2 is 1.84 bits per heavy atom. The molecule has 2 aromatic rings. The van der Waals surface area contributed by atoms with Crippen LogP contribution in [0.1, 0.15) is 16.1 Å². The Balaban J connectivity index is 2.34. The fraction of sp³-hybridized carbons (Fsp3) is 0.0833. The van der Waals surface area contributed by atoms with Crippen LogP contribution in [0, 0.1) is 5.82 Å². The molecule has 2 rings (SSSR count). The van der Waals surface area contributed by atoms with Gasteiger partial charge in [-0.05, 0) is 30.3 Å². The second kappa shape index (κ2) is 4.85. The van der Waals surface area contributed by atoms with Crippen LogP contribution in [0.15, 0.2) is 45.9 Å². The number of carboxylic acid groups (broad SMARTS) is 1. The van der Waals surface area contributed by atoms with Gasteiger partial charge in [0.15, 0.2) is 9.84 Å². The van der Waals surface area contributed by atoms with Crippen molar-refractivity contribution in [2.24, 2.45) is 0 Å². The van der Waals surface area contributed by atoms with E-state index < -0.39 is 33.1 Å². The summed E-state index contributed by atoms with van der Waals surface area (Å²) in [5, 5.41) is 8.82. The fourth-order valence-corrected chi connectivity index (χ4v) is 2.92. The minimum atomic E-state index is -3.75. The minimum absolute atomic E-state index is 0.0526. The highest BCUT2D eigenvalue weighted by Gasteiger charge is 2.22. The molecule has 1 aromatic heterocycles. The van der Waals surface area contributed by atoms with Crippen LogP contribution in [0.25, 0.3) is 0 Å². The van der Waals surface area contributed by atoms with E-state index in [0.717, 1.165) is 30.5 Å². The molecule has 0 spiro atoms. The van der Waals surface area contributed by atoms with Crippen molar-refractivity contribution in [3.63, 3.8) is 0 Å². The third-order valence-corrected chi connectivity index (χ3v) is 4.14. The summed E-state index contributed by atoms with van der Waals surface area (Å²) in [6.07, 6.45) is 1.11. The van der Waals surface area contributed by atoms with Crippen LogP contribution in [0.2, 0.25) is 0 Å². The lowest BCUT2D eigenvalue weighted by Crippen LogP contribution is -2.08. The predicted octanol–water partition coefficient (Wildman–Crippen LogP) is 2.09. The molecule has 0 atom stereocenters. The number of carbonyl (C=O) groups is 1. The van der Waals surface area contributed by atoms with Crippen LogP contribution in [0.3, 0.4) is 0 Å². The maximum absolute atomic E-state index is 12.7. The van der Waals surface area contributed by atoms with E-state index in [1.807, 2.05) is 0 Å². The average Bonchev–Trinajstić information content (AvgIpc) is 2.77. The van der Waals surface area contributed by atoms with Crippen molar-refractivity contribution < 1.29 is 27.1 Å². The van der Waals surface area contributed by atoms with Gasteiger partial charge in [-0.1, -0.05) is 0 Å². The van der Waals surface area contributed by atoms with Gasteiger partial charge in [-0.2, -0.15) is 0 Å². The summed E-state index contributed by atoms with van der Waals surface area (Å²) in [7, 11) is -3.75. The highest BCUT2D eigenvalue weighted by molar-refractivity contribution is 7.90. The van der Waals surface area contributed by atoms with Gasteiger partial charge in [-0.25, -0.2) is 17.6 Å². The number of furan rings is 1. The first-order valence-corrected chi connectivity index (χ1v) is 6.83. The molecule has 0 radical (unpaired) electrons. The monoisotopic (exact) mass is 284 g/mol. The zero-order valence-electron chi connectivity index (χ0n) is 9.54. The lowest BCUT2D eigenvalue weighted by Gasteiger charge is -2.03. The predicted molar refractivity (Wildman–Crippen MR) is 63.0 cm³/mol. The van der Waals surface area contributed by atoms with Crippen LogP contribution in [0.4, 0.5) is 4.39 Å². The molecule has 0 saturated heterocycles. The fourth-order valence-electron chi connectivity index (χ4n) is 1.57. The van der Waals surface area contributed by atoms with E-state index in [2.05, 4.69) is 0 Å². The first-order chi connectivity index (χ1) is 8.90. The van der Waals surface area contributed by atoms with Gasteiger partial charge in [0.25, 0.3) is 0 Å². The van der Waals surface area contributed by atoms with Crippen molar-refractivity contribution in [3.8, 4) is 0 Å². The molecule has 0 unspecified atom stereocenters. The van der Waals surface area contributed by atoms with Gasteiger partial charge < -0.3 is 9.52 Å². The molecule has 0 aliphatic carbocycles. The zero-order chi connectivity index (χ0) is 14.0. The Hall–Kier alpha value is -2.15. The lowest BCUT2D eigenvalue weighted by molar-refractivity contribution is 0.0661. The molecule has 5 nitrogen and oxygen atoms in total. The largest absolute Gasteiger partial charge is 0.475 e. The van der Waals surface area contributed by atoms with E-state index >= 15 is 0 Å². The van der Waals surface area contributed by atoms with Crippen LogP contribution >= 0.6 is 0 Å². The molecule has 19 heavy (non-hydrogen) atoms. The zero-order valence-corrected chi connectivity index (χ0v) is 10.4. The van der Waals surface area contributed by atoms with Gasteiger partial charge >= 0.3 is 5.97 Å². The van der Waals surface area contributed by atoms with Crippen LogP contribution < -0.4 is 0 Å². The smallest absolute Gasteiger partial charge is 0.372 e. The SMILES string of the molecule is O=C(O)c1occc1CS(=O)(=O)c1ccc(F)cc1. The Bertz CT molecular complexity index is 700. The maximum atomic E-state index is 12.7. The topological polar surface area (TPSA) is 84.6 Å². The van der Waals surface area contributed by atoms with Crippen LogP contribution in [-0.4, -0.2) is 19.5 Å². The highest BCUT2D eigenvalue weighted by atomic mass is 32.2. The normalized spacial score (nSPS) is 11.4. The summed E-state index contributed by atoms with van der Waals surface area (Å²) in [6, 6.07) is 5.60. The molecule has 100 valence electrons. The van der Waals surface area contributed by atoms with Gasteiger partial charge in [0.05, 0.1) is 16.9 Å². The molecule has 0 aliphatic heterocycles. The summed E-state index contributed by atoms with van der Waals surface area (Å²) in [5.41, 5.74) is 0.0526. The summed E-state index contributed by atoms with van der Waals surface area (Å²) >= 11 is 0. The summed E-state index contributed by atoms with van der Waals surface area (Å²) in [4.78, 5) is 10.7. The number of sulfone groups is 1. The number of benzene rings is 1. The van der Waals surface area contributed by atoms with Crippen molar-refractivity contribution in [1.82, 2.24) is 0 Å². The number of aromatic carboxylic acids is 1. The first-order valence-electron chi connectivity index (χ1n) is 5.18. The Morgan fingerprint density at radius 3 is 2.42 bits per heavy atom.